The number of hydrazone groups is 1. The van der Waals surface area contributed by atoms with Crippen LogP contribution >= 0.6 is 0 Å². The minimum Gasteiger partial charge on any atom is -0.497 e. The molecule has 160 valence electrons. The zero-order valence-electron chi connectivity index (χ0n) is 17.2. The Morgan fingerprint density at radius 2 is 1.90 bits per heavy atom. The summed E-state index contributed by atoms with van der Waals surface area (Å²) in [6.45, 7) is 3.05. The molecule has 2 N–H and O–H groups in total. The number of nitrogens with zero attached hydrogens (tertiary/aromatic N) is 2. The second kappa shape index (κ2) is 8.10. The van der Waals surface area contributed by atoms with Crippen LogP contribution in [0.15, 0.2) is 64.9 Å². The molecule has 0 aromatic heterocycles. The average molecular weight is 424 g/mol. The van der Waals surface area contributed by atoms with Gasteiger partial charge in [0, 0.05) is 23.7 Å². The topological polar surface area (TPSA) is 92.3 Å². The number of urea groups is 1. The van der Waals surface area contributed by atoms with E-state index in [9.17, 15) is 14.0 Å². The highest BCUT2D eigenvalue weighted by atomic mass is 19.1. The Morgan fingerprint density at radius 3 is 2.55 bits per heavy atom. The molecule has 4 rings (SSSR count). The van der Waals surface area contributed by atoms with Gasteiger partial charge >= 0.3 is 6.03 Å². The van der Waals surface area contributed by atoms with E-state index >= 15 is 0 Å². The zero-order chi connectivity index (χ0) is 22.1. The van der Waals surface area contributed by atoms with Gasteiger partial charge in [0.15, 0.2) is 0 Å². The van der Waals surface area contributed by atoms with Crippen LogP contribution in [0.5, 0.6) is 5.75 Å². The predicted molar refractivity (Wildman–Crippen MR) is 110 cm³/mol. The van der Waals surface area contributed by atoms with Crippen molar-refractivity contribution in [2.45, 2.75) is 26.1 Å². The van der Waals surface area contributed by atoms with Gasteiger partial charge in [-0.1, -0.05) is 18.2 Å². The van der Waals surface area contributed by atoms with Crippen LogP contribution in [0, 0.1) is 5.82 Å². The van der Waals surface area contributed by atoms with Crippen molar-refractivity contribution in [2.75, 3.05) is 7.11 Å². The van der Waals surface area contributed by atoms with E-state index in [1.807, 2.05) is 0 Å². The number of carbonyl (C=O) groups is 2. The molecule has 31 heavy (non-hydrogen) atoms. The van der Waals surface area contributed by atoms with Crippen LogP contribution < -0.4 is 15.4 Å². The Morgan fingerprint density at radius 1 is 1.19 bits per heavy atom. The molecule has 0 aliphatic carbocycles. The minimum absolute atomic E-state index is 0.120. The van der Waals surface area contributed by atoms with E-state index in [0.29, 0.717) is 22.6 Å². The number of carbonyl (C=O) groups excluding carboxylic acids is 2. The van der Waals surface area contributed by atoms with Crippen LogP contribution in [0.1, 0.15) is 37.2 Å². The second-order valence-corrected chi connectivity index (χ2v) is 7.10. The molecule has 2 heterocycles. The summed E-state index contributed by atoms with van der Waals surface area (Å²) in [7, 11) is 1.56. The van der Waals surface area contributed by atoms with E-state index in [1.54, 1.807) is 56.5 Å². The van der Waals surface area contributed by atoms with E-state index in [2.05, 4.69) is 15.7 Å². The Bertz CT molecular complexity index is 1100. The zero-order valence-corrected chi connectivity index (χ0v) is 17.2. The standard InChI is InChI=1S/C22H21FN4O4/c1-12-18(19(25-22(29)24-12)16-6-4-5-7-17(16)23)20-26-27(13(2)28)21(31-20)14-8-10-15(30-3)11-9-14/h4-11,19,21H,1-3H3,(H2,24,25,29). The van der Waals surface area contributed by atoms with E-state index < -0.39 is 24.1 Å². The summed E-state index contributed by atoms with van der Waals surface area (Å²) in [6.07, 6.45) is -0.808. The summed E-state index contributed by atoms with van der Waals surface area (Å²) >= 11 is 0. The molecule has 0 spiro atoms. The first-order valence-corrected chi connectivity index (χ1v) is 9.61. The molecule has 2 aliphatic rings. The van der Waals surface area contributed by atoms with E-state index in [1.165, 1.54) is 18.0 Å². The van der Waals surface area contributed by atoms with E-state index in [0.717, 1.165) is 0 Å². The summed E-state index contributed by atoms with van der Waals surface area (Å²) in [5.41, 5.74) is 1.84. The third-order valence-corrected chi connectivity index (χ3v) is 5.08. The summed E-state index contributed by atoms with van der Waals surface area (Å²) in [6, 6.07) is 11.9. The lowest BCUT2D eigenvalue weighted by Gasteiger charge is -2.29. The Hall–Kier alpha value is -3.88. The van der Waals surface area contributed by atoms with Gasteiger partial charge in [-0.25, -0.2) is 9.18 Å². The van der Waals surface area contributed by atoms with Gasteiger partial charge in [-0.05, 0) is 37.3 Å². The van der Waals surface area contributed by atoms with Crippen LogP contribution in [0.2, 0.25) is 0 Å². The first-order chi connectivity index (χ1) is 14.9. The normalized spacial score (nSPS) is 20.6. The number of allylic oxidation sites excluding steroid dienone is 1. The fourth-order valence-electron chi connectivity index (χ4n) is 3.58. The lowest BCUT2D eigenvalue weighted by Crippen LogP contribution is -2.45. The molecular weight excluding hydrogens is 403 g/mol. The minimum atomic E-state index is -0.836. The van der Waals surface area contributed by atoms with Gasteiger partial charge in [0.2, 0.25) is 18.0 Å². The van der Waals surface area contributed by atoms with Crippen molar-refractivity contribution in [1.82, 2.24) is 15.6 Å². The Kier molecular flexibility index (Phi) is 5.33. The maximum absolute atomic E-state index is 14.6. The fraction of sp³-hybridized carbons (Fsp3) is 0.227. The van der Waals surface area contributed by atoms with E-state index in [-0.39, 0.29) is 17.4 Å². The molecule has 2 atom stereocenters. The van der Waals surface area contributed by atoms with Crippen molar-refractivity contribution in [1.29, 1.82) is 0 Å². The summed E-state index contributed by atoms with van der Waals surface area (Å²) < 4.78 is 25.8. The van der Waals surface area contributed by atoms with Gasteiger partial charge in [-0.2, -0.15) is 5.01 Å². The number of methoxy groups -OCH3 is 1. The maximum Gasteiger partial charge on any atom is 0.319 e. The highest BCUT2D eigenvalue weighted by molar-refractivity contribution is 6.00. The molecule has 0 radical (unpaired) electrons. The Balaban J connectivity index is 1.74. The fourth-order valence-corrected chi connectivity index (χ4v) is 3.58. The number of nitrogens with one attached hydrogen (secondary N) is 2. The van der Waals surface area contributed by atoms with Gasteiger partial charge in [0.25, 0.3) is 0 Å². The van der Waals surface area contributed by atoms with Crippen LogP contribution in [-0.2, 0) is 9.53 Å². The van der Waals surface area contributed by atoms with Gasteiger partial charge in [-0.15, -0.1) is 5.10 Å². The van der Waals surface area contributed by atoms with Gasteiger partial charge in [-0.3, -0.25) is 4.79 Å². The molecule has 2 aromatic rings. The third kappa shape index (κ3) is 3.81. The number of benzene rings is 2. The molecule has 0 saturated carbocycles. The van der Waals surface area contributed by atoms with Crippen molar-refractivity contribution in [3.8, 4) is 5.75 Å². The molecule has 8 nitrogen and oxygen atoms in total. The van der Waals surface area contributed by atoms with Crippen molar-refractivity contribution in [2.24, 2.45) is 5.10 Å². The first-order valence-electron chi connectivity index (χ1n) is 9.61. The molecule has 0 bridgehead atoms. The molecular formula is C22H21FN4O4. The second-order valence-electron chi connectivity index (χ2n) is 7.10. The molecule has 9 heteroatoms. The summed E-state index contributed by atoms with van der Waals surface area (Å²) in [5, 5.41) is 11.0. The SMILES string of the molecule is COc1ccc(C2OC(C3=C(C)NC(=O)NC3c3ccccc3F)=NN2C(C)=O)cc1. The van der Waals surface area contributed by atoms with Gasteiger partial charge in [0.05, 0.1) is 18.7 Å². The van der Waals surface area contributed by atoms with Crippen molar-refractivity contribution < 1.29 is 23.5 Å². The van der Waals surface area contributed by atoms with Gasteiger partial charge in [0.1, 0.15) is 11.6 Å². The molecule has 2 aromatic carbocycles. The van der Waals surface area contributed by atoms with Crippen molar-refractivity contribution >= 4 is 17.8 Å². The lowest BCUT2D eigenvalue weighted by atomic mass is 9.95. The summed E-state index contributed by atoms with van der Waals surface area (Å²) in [4.78, 5) is 24.4. The number of ether oxygens (including phenoxy) is 2. The Labute approximate surface area is 178 Å². The molecule has 3 amide bonds. The smallest absolute Gasteiger partial charge is 0.319 e. The van der Waals surface area contributed by atoms with Crippen LogP contribution in [0.3, 0.4) is 0 Å². The molecule has 0 saturated heterocycles. The first kappa shape index (κ1) is 20.4. The third-order valence-electron chi connectivity index (χ3n) is 5.08. The van der Waals surface area contributed by atoms with Crippen molar-refractivity contribution in [3.05, 3.63) is 76.7 Å². The monoisotopic (exact) mass is 424 g/mol. The lowest BCUT2D eigenvalue weighted by molar-refractivity contribution is -0.135. The highest BCUT2D eigenvalue weighted by Gasteiger charge is 2.39. The molecule has 2 aliphatic heterocycles. The van der Waals surface area contributed by atoms with Gasteiger partial charge < -0.3 is 20.1 Å². The molecule has 2 unspecified atom stereocenters. The van der Waals surface area contributed by atoms with E-state index in [4.69, 9.17) is 9.47 Å². The van der Waals surface area contributed by atoms with Crippen molar-refractivity contribution in [3.63, 3.8) is 0 Å². The number of hydrogen-bond acceptors (Lipinski definition) is 5. The average Bonchev–Trinajstić information content (AvgIpc) is 3.19. The van der Waals surface area contributed by atoms with Crippen LogP contribution in [0.25, 0.3) is 0 Å². The number of rotatable bonds is 4. The quantitative estimate of drug-likeness (QED) is 0.787. The maximum atomic E-state index is 14.6. The number of hydrogen-bond donors (Lipinski definition) is 2. The summed E-state index contributed by atoms with van der Waals surface area (Å²) in [5.74, 6) is -0.0260. The number of halogens is 1. The highest BCUT2D eigenvalue weighted by Crippen LogP contribution is 2.36. The molecule has 0 fully saturated rings. The number of amides is 3. The van der Waals surface area contributed by atoms with Crippen LogP contribution in [0.4, 0.5) is 9.18 Å². The predicted octanol–water partition coefficient (Wildman–Crippen LogP) is 3.35. The largest absolute Gasteiger partial charge is 0.497 e. The van der Waals surface area contributed by atoms with Crippen LogP contribution in [-0.4, -0.2) is 30.0 Å².